The Morgan fingerprint density at radius 1 is 0.941 bits per heavy atom. The molecule has 0 rings (SSSR count). The van der Waals surface area contributed by atoms with Gasteiger partial charge in [0.05, 0.1) is 38.4 Å². The first kappa shape index (κ1) is 16.0. The highest BCUT2D eigenvalue weighted by Gasteiger charge is 1.92. The fraction of sp³-hybridized carbons (Fsp3) is 0.692. The molecular formula is C13H24O4. The Balaban J connectivity index is 2.94. The zero-order valence-corrected chi connectivity index (χ0v) is 10.8. The highest BCUT2D eigenvalue weighted by Crippen LogP contribution is 1.93. The minimum absolute atomic E-state index is 0.620. The summed E-state index contributed by atoms with van der Waals surface area (Å²) in [7, 11) is 0. The van der Waals surface area contributed by atoms with Gasteiger partial charge in [0.1, 0.15) is 0 Å². The molecule has 0 aliphatic rings. The summed E-state index contributed by atoms with van der Waals surface area (Å²) in [5, 5.41) is 0. The molecule has 0 bridgehead atoms. The van der Waals surface area contributed by atoms with Crippen molar-refractivity contribution in [1.82, 2.24) is 0 Å². The van der Waals surface area contributed by atoms with Crippen LogP contribution in [-0.2, 0) is 18.9 Å². The van der Waals surface area contributed by atoms with Crippen LogP contribution in [0.4, 0.5) is 0 Å². The van der Waals surface area contributed by atoms with Crippen molar-refractivity contribution in [2.24, 2.45) is 0 Å². The molecule has 0 aromatic heterocycles. The Bertz CT molecular complexity index is 192. The second-order valence-electron chi connectivity index (χ2n) is 3.52. The lowest BCUT2D eigenvalue weighted by Gasteiger charge is -2.07. The molecule has 0 fully saturated rings. The van der Waals surface area contributed by atoms with Gasteiger partial charge in [-0.05, 0) is 6.92 Å². The van der Waals surface area contributed by atoms with E-state index >= 15 is 0 Å². The van der Waals surface area contributed by atoms with Gasteiger partial charge in [0.2, 0.25) is 0 Å². The van der Waals surface area contributed by atoms with Crippen LogP contribution >= 0.6 is 0 Å². The van der Waals surface area contributed by atoms with Gasteiger partial charge in [-0.1, -0.05) is 13.2 Å². The summed E-state index contributed by atoms with van der Waals surface area (Å²) >= 11 is 0. The molecule has 0 N–H and O–H groups in total. The minimum Gasteiger partial charge on any atom is -0.502 e. The van der Waals surface area contributed by atoms with Crippen LogP contribution in [-0.4, -0.2) is 39.6 Å². The Kier molecular flexibility index (Phi) is 12.3. The molecule has 100 valence electrons. The Morgan fingerprint density at radius 2 is 1.53 bits per heavy atom. The summed E-state index contributed by atoms with van der Waals surface area (Å²) in [4.78, 5) is 0. The smallest absolute Gasteiger partial charge is 0.0898 e. The molecule has 0 aliphatic carbocycles. The normalized spacial score (nSPS) is 9.94. The molecule has 4 heteroatoms. The maximum atomic E-state index is 5.36. The molecule has 17 heavy (non-hydrogen) atoms. The van der Waals surface area contributed by atoms with Crippen molar-refractivity contribution in [2.75, 3.05) is 39.6 Å². The van der Waals surface area contributed by atoms with Gasteiger partial charge in [-0.3, -0.25) is 0 Å². The van der Waals surface area contributed by atoms with Crippen LogP contribution in [0.25, 0.3) is 0 Å². The van der Waals surface area contributed by atoms with E-state index in [2.05, 4.69) is 13.2 Å². The first-order valence-electron chi connectivity index (χ1n) is 5.93. The molecule has 0 aromatic rings. The topological polar surface area (TPSA) is 36.9 Å². The SMILES string of the molecule is C=COCCCOCCOCCCOC(=C)C. The first-order chi connectivity index (χ1) is 8.27. The molecule has 0 saturated heterocycles. The lowest BCUT2D eigenvalue weighted by atomic mass is 10.5. The van der Waals surface area contributed by atoms with Crippen LogP contribution in [0, 0.1) is 0 Å². The third kappa shape index (κ3) is 15.0. The van der Waals surface area contributed by atoms with Gasteiger partial charge in [-0.2, -0.15) is 0 Å². The van der Waals surface area contributed by atoms with Crippen molar-refractivity contribution in [3.8, 4) is 0 Å². The minimum atomic E-state index is 0.620. The monoisotopic (exact) mass is 244 g/mol. The van der Waals surface area contributed by atoms with E-state index < -0.39 is 0 Å². The summed E-state index contributed by atoms with van der Waals surface area (Å²) in [6.45, 7) is 12.9. The van der Waals surface area contributed by atoms with Crippen LogP contribution in [0.2, 0.25) is 0 Å². The number of hydrogen-bond acceptors (Lipinski definition) is 4. The van der Waals surface area contributed by atoms with E-state index in [4.69, 9.17) is 18.9 Å². The Labute approximate surface area is 104 Å². The Hall–Kier alpha value is -1.00. The highest BCUT2D eigenvalue weighted by atomic mass is 16.5. The zero-order chi connectivity index (χ0) is 12.8. The van der Waals surface area contributed by atoms with E-state index in [0.717, 1.165) is 18.6 Å². The van der Waals surface area contributed by atoms with E-state index in [9.17, 15) is 0 Å². The van der Waals surface area contributed by atoms with Gasteiger partial charge in [-0.25, -0.2) is 0 Å². The van der Waals surface area contributed by atoms with Crippen LogP contribution in [0.15, 0.2) is 25.2 Å². The lowest BCUT2D eigenvalue weighted by Crippen LogP contribution is -2.08. The predicted molar refractivity (Wildman–Crippen MR) is 67.8 cm³/mol. The van der Waals surface area contributed by atoms with Crippen LogP contribution in [0.5, 0.6) is 0 Å². The molecule has 0 unspecified atom stereocenters. The highest BCUT2D eigenvalue weighted by molar-refractivity contribution is 4.72. The van der Waals surface area contributed by atoms with Crippen molar-refractivity contribution in [2.45, 2.75) is 19.8 Å². The molecule has 0 aromatic carbocycles. The molecule has 0 atom stereocenters. The molecule has 4 nitrogen and oxygen atoms in total. The lowest BCUT2D eigenvalue weighted by molar-refractivity contribution is 0.0358. The number of ether oxygens (including phenoxy) is 4. The number of hydrogen-bond donors (Lipinski definition) is 0. The van der Waals surface area contributed by atoms with Crippen LogP contribution in [0.3, 0.4) is 0 Å². The molecule has 0 saturated carbocycles. The summed E-state index contributed by atoms with van der Waals surface area (Å²) in [5.74, 6) is 0.745. The average molecular weight is 244 g/mol. The molecule has 0 radical (unpaired) electrons. The largest absolute Gasteiger partial charge is 0.502 e. The van der Waals surface area contributed by atoms with E-state index in [1.54, 1.807) is 0 Å². The third-order valence-corrected chi connectivity index (χ3v) is 1.82. The Morgan fingerprint density at radius 3 is 2.06 bits per heavy atom. The molecule has 0 spiro atoms. The molecular weight excluding hydrogens is 220 g/mol. The van der Waals surface area contributed by atoms with Crippen molar-refractivity contribution in [3.63, 3.8) is 0 Å². The maximum Gasteiger partial charge on any atom is 0.0898 e. The number of allylic oxidation sites excluding steroid dienone is 1. The summed E-state index contributed by atoms with van der Waals surface area (Å²) < 4.78 is 20.9. The molecule has 0 heterocycles. The van der Waals surface area contributed by atoms with E-state index in [-0.39, 0.29) is 0 Å². The summed E-state index contributed by atoms with van der Waals surface area (Å²) in [5.41, 5.74) is 0. The van der Waals surface area contributed by atoms with Crippen molar-refractivity contribution in [1.29, 1.82) is 0 Å². The second kappa shape index (κ2) is 13.1. The van der Waals surface area contributed by atoms with Crippen LogP contribution in [0.1, 0.15) is 19.8 Å². The van der Waals surface area contributed by atoms with Gasteiger partial charge >= 0.3 is 0 Å². The number of rotatable bonds is 13. The van der Waals surface area contributed by atoms with E-state index in [1.807, 2.05) is 6.92 Å². The molecule has 0 amide bonds. The van der Waals surface area contributed by atoms with E-state index in [1.165, 1.54) is 6.26 Å². The fourth-order valence-corrected chi connectivity index (χ4v) is 1.06. The van der Waals surface area contributed by atoms with Gasteiger partial charge in [0.15, 0.2) is 0 Å². The van der Waals surface area contributed by atoms with E-state index in [0.29, 0.717) is 39.6 Å². The standard InChI is InChI=1S/C13H24O4/c1-4-14-7-5-8-15-11-12-16-9-6-10-17-13(2)3/h4H,1-2,5-12H2,3H3. The van der Waals surface area contributed by atoms with Gasteiger partial charge in [-0.15, -0.1) is 0 Å². The fourth-order valence-electron chi connectivity index (χ4n) is 1.06. The quantitative estimate of drug-likeness (QED) is 0.368. The molecule has 0 aliphatic heterocycles. The van der Waals surface area contributed by atoms with Gasteiger partial charge in [0, 0.05) is 26.1 Å². The van der Waals surface area contributed by atoms with Crippen molar-refractivity contribution in [3.05, 3.63) is 25.2 Å². The second-order valence-corrected chi connectivity index (χ2v) is 3.52. The first-order valence-corrected chi connectivity index (χ1v) is 5.93. The summed E-state index contributed by atoms with van der Waals surface area (Å²) in [6.07, 6.45) is 3.19. The average Bonchev–Trinajstić information content (AvgIpc) is 2.30. The zero-order valence-electron chi connectivity index (χ0n) is 10.8. The van der Waals surface area contributed by atoms with Crippen LogP contribution < -0.4 is 0 Å². The van der Waals surface area contributed by atoms with Crippen molar-refractivity contribution < 1.29 is 18.9 Å². The maximum absolute atomic E-state index is 5.36. The summed E-state index contributed by atoms with van der Waals surface area (Å²) in [6, 6.07) is 0. The predicted octanol–water partition coefficient (Wildman–Crippen LogP) is 2.51. The van der Waals surface area contributed by atoms with Crippen molar-refractivity contribution >= 4 is 0 Å². The third-order valence-electron chi connectivity index (χ3n) is 1.82. The van der Waals surface area contributed by atoms with Gasteiger partial charge < -0.3 is 18.9 Å². The van der Waals surface area contributed by atoms with Gasteiger partial charge in [0.25, 0.3) is 0 Å².